The van der Waals surface area contributed by atoms with Crippen molar-refractivity contribution in [3.8, 4) is 17.2 Å². The first-order chi connectivity index (χ1) is 17.2. The van der Waals surface area contributed by atoms with Crippen molar-refractivity contribution in [2.75, 3.05) is 6.61 Å². The third-order valence-electron chi connectivity index (χ3n) is 6.31. The van der Waals surface area contributed by atoms with Crippen molar-refractivity contribution < 1.29 is 14.2 Å². The fraction of sp³-hybridized carbons (Fsp3) is 0.200. The van der Waals surface area contributed by atoms with Gasteiger partial charge in [0.25, 0.3) is 0 Å². The van der Waals surface area contributed by atoms with E-state index in [-0.39, 0.29) is 0 Å². The minimum atomic E-state index is 0.568. The third-order valence-corrected chi connectivity index (χ3v) is 6.31. The van der Waals surface area contributed by atoms with Crippen LogP contribution in [0.25, 0.3) is 10.8 Å². The van der Waals surface area contributed by atoms with Gasteiger partial charge in [0.2, 0.25) is 11.8 Å². The number of ether oxygens (including phenoxy) is 3. The molecule has 4 aromatic carbocycles. The Balaban J connectivity index is 1.31. The molecular weight excluding hydrogens is 436 g/mol. The summed E-state index contributed by atoms with van der Waals surface area (Å²) < 4.78 is 18.3. The molecule has 35 heavy (non-hydrogen) atoms. The van der Waals surface area contributed by atoms with E-state index in [0.29, 0.717) is 11.8 Å². The molecular formula is C30H26N2O3. The highest BCUT2D eigenvalue weighted by atomic mass is 16.5. The zero-order valence-corrected chi connectivity index (χ0v) is 19.9. The highest BCUT2D eigenvalue weighted by Crippen LogP contribution is 2.48. The molecule has 5 heteroatoms. The van der Waals surface area contributed by atoms with E-state index in [1.807, 2.05) is 60.7 Å². The number of aryl methyl sites for hydroxylation is 1. The molecule has 0 aliphatic carbocycles. The molecule has 0 N–H and O–H groups in total. The Morgan fingerprint density at radius 3 is 1.74 bits per heavy atom. The summed E-state index contributed by atoms with van der Waals surface area (Å²) in [6.07, 6.45) is 3.43. The lowest BCUT2D eigenvalue weighted by Crippen LogP contribution is -2.15. The molecule has 0 radical (unpaired) electrons. The topological polar surface area (TPSA) is 52.4 Å². The average molecular weight is 463 g/mol. The second-order valence-corrected chi connectivity index (χ2v) is 8.90. The van der Waals surface area contributed by atoms with E-state index >= 15 is 0 Å². The van der Waals surface area contributed by atoms with Crippen molar-refractivity contribution in [1.29, 1.82) is 0 Å². The van der Waals surface area contributed by atoms with Crippen LogP contribution < -0.4 is 14.2 Å². The first kappa shape index (κ1) is 21.4. The lowest BCUT2D eigenvalue weighted by molar-refractivity contribution is 0.306. The van der Waals surface area contributed by atoms with Crippen molar-refractivity contribution >= 4 is 33.9 Å². The molecule has 0 fully saturated rings. The van der Waals surface area contributed by atoms with Crippen LogP contribution in [-0.2, 0) is 0 Å². The van der Waals surface area contributed by atoms with Crippen molar-refractivity contribution in [2.24, 2.45) is 9.98 Å². The summed E-state index contributed by atoms with van der Waals surface area (Å²) >= 11 is 0. The minimum Gasteiger partial charge on any atom is -0.494 e. The average Bonchev–Trinajstić information content (AvgIpc) is 2.90. The zero-order chi connectivity index (χ0) is 23.8. The van der Waals surface area contributed by atoms with Gasteiger partial charge >= 0.3 is 0 Å². The Morgan fingerprint density at radius 2 is 1.20 bits per heavy atom. The van der Waals surface area contributed by atoms with Crippen molar-refractivity contribution in [3.05, 3.63) is 89.5 Å². The lowest BCUT2D eigenvalue weighted by Gasteiger charge is -2.23. The molecule has 0 aromatic heterocycles. The number of hydrogen-bond acceptors (Lipinski definition) is 5. The smallest absolute Gasteiger partial charge is 0.227 e. The maximum atomic E-state index is 6.25. The Hall–Kier alpha value is -4.12. The van der Waals surface area contributed by atoms with Crippen molar-refractivity contribution in [2.45, 2.75) is 33.1 Å². The highest BCUT2D eigenvalue weighted by molar-refractivity contribution is 6.16. The van der Waals surface area contributed by atoms with Gasteiger partial charge in [-0.05, 0) is 74.0 Å². The Kier molecular flexibility index (Phi) is 5.45. The van der Waals surface area contributed by atoms with E-state index < -0.39 is 0 Å². The van der Waals surface area contributed by atoms with Crippen LogP contribution in [0.5, 0.6) is 17.2 Å². The summed E-state index contributed by atoms with van der Waals surface area (Å²) in [6.45, 7) is 4.99. The SMILES string of the molecule is CCCCCOc1ccc(C2=Nc3ccc4c5c(ccc(c35)O2)N=C(c2ccc(C)cc2)O4)cc1. The molecule has 4 aromatic rings. The van der Waals surface area contributed by atoms with E-state index in [2.05, 4.69) is 26.0 Å². The molecule has 2 heterocycles. The number of aliphatic imine (C=N–C) groups is 2. The summed E-state index contributed by atoms with van der Waals surface area (Å²) in [7, 11) is 0. The van der Waals surface area contributed by atoms with Gasteiger partial charge in [-0.3, -0.25) is 0 Å². The maximum absolute atomic E-state index is 6.25. The number of unbranched alkanes of at least 4 members (excludes halogenated alkanes) is 2. The second-order valence-electron chi connectivity index (χ2n) is 8.90. The van der Waals surface area contributed by atoms with Crippen LogP contribution in [0, 0.1) is 6.92 Å². The van der Waals surface area contributed by atoms with Crippen LogP contribution >= 0.6 is 0 Å². The van der Waals surface area contributed by atoms with Crippen LogP contribution in [0.2, 0.25) is 0 Å². The summed E-state index contributed by atoms with van der Waals surface area (Å²) in [5.41, 5.74) is 4.75. The fourth-order valence-corrected chi connectivity index (χ4v) is 4.41. The largest absolute Gasteiger partial charge is 0.494 e. The minimum absolute atomic E-state index is 0.568. The van der Waals surface area contributed by atoms with Gasteiger partial charge in [-0.25, -0.2) is 9.98 Å². The molecule has 0 saturated carbocycles. The molecule has 0 spiro atoms. The molecule has 2 aliphatic heterocycles. The zero-order valence-electron chi connectivity index (χ0n) is 19.9. The van der Waals surface area contributed by atoms with E-state index in [1.54, 1.807) is 0 Å². The van der Waals surface area contributed by atoms with Gasteiger partial charge < -0.3 is 14.2 Å². The normalized spacial score (nSPS) is 13.5. The standard InChI is InChI=1S/C30H26N2O3/c1-3-4-5-18-33-22-12-10-21(11-13-22)30-32-24-15-16-25-27-23(14-17-26(35-30)28(24)27)31-29(34-25)20-8-6-19(2)7-9-20/h6-17H,3-5,18H2,1-2H3. The lowest BCUT2D eigenvalue weighted by atomic mass is 10.0. The third kappa shape index (κ3) is 4.03. The Bertz CT molecular complexity index is 1470. The van der Waals surface area contributed by atoms with E-state index in [0.717, 1.165) is 63.6 Å². The van der Waals surface area contributed by atoms with Gasteiger partial charge in [0.15, 0.2) is 0 Å². The molecule has 0 bridgehead atoms. The molecule has 0 saturated heterocycles. The van der Waals surface area contributed by atoms with Gasteiger partial charge in [0.05, 0.1) is 28.8 Å². The van der Waals surface area contributed by atoms with Crippen LogP contribution in [0.15, 0.2) is 82.8 Å². The fourth-order valence-electron chi connectivity index (χ4n) is 4.41. The van der Waals surface area contributed by atoms with Gasteiger partial charge in [-0.2, -0.15) is 0 Å². The van der Waals surface area contributed by atoms with E-state index in [1.165, 1.54) is 18.4 Å². The molecule has 0 amide bonds. The predicted octanol–water partition coefficient (Wildman–Crippen LogP) is 7.66. The monoisotopic (exact) mass is 462 g/mol. The molecule has 6 rings (SSSR count). The predicted molar refractivity (Wildman–Crippen MR) is 140 cm³/mol. The summed E-state index contributed by atoms with van der Waals surface area (Å²) in [5, 5.41) is 1.85. The van der Waals surface area contributed by atoms with Crippen LogP contribution in [-0.4, -0.2) is 18.4 Å². The summed E-state index contributed by atoms with van der Waals surface area (Å²) in [6, 6.07) is 24.0. The number of nitrogens with zero attached hydrogens (tertiary/aromatic N) is 2. The maximum Gasteiger partial charge on any atom is 0.227 e. The first-order valence-corrected chi connectivity index (χ1v) is 12.1. The summed E-state index contributed by atoms with van der Waals surface area (Å²) in [4.78, 5) is 9.63. The quantitative estimate of drug-likeness (QED) is 0.265. The number of hydrogen-bond donors (Lipinski definition) is 0. The molecule has 174 valence electrons. The van der Waals surface area contributed by atoms with Crippen LogP contribution in [0.1, 0.15) is 42.9 Å². The van der Waals surface area contributed by atoms with Gasteiger partial charge in [0, 0.05) is 11.1 Å². The number of rotatable bonds is 7. The molecule has 2 aliphatic rings. The highest BCUT2D eigenvalue weighted by Gasteiger charge is 2.25. The molecule has 0 unspecified atom stereocenters. The van der Waals surface area contributed by atoms with Crippen LogP contribution in [0.3, 0.4) is 0 Å². The Morgan fingerprint density at radius 1 is 0.657 bits per heavy atom. The Labute approximate surface area is 204 Å². The van der Waals surface area contributed by atoms with Crippen molar-refractivity contribution in [1.82, 2.24) is 0 Å². The van der Waals surface area contributed by atoms with Gasteiger partial charge in [-0.1, -0.05) is 37.5 Å². The van der Waals surface area contributed by atoms with Crippen molar-refractivity contribution in [3.63, 3.8) is 0 Å². The van der Waals surface area contributed by atoms with E-state index in [4.69, 9.17) is 24.2 Å². The first-order valence-electron chi connectivity index (χ1n) is 12.1. The molecule has 0 atom stereocenters. The molecule has 5 nitrogen and oxygen atoms in total. The second kappa shape index (κ2) is 8.91. The van der Waals surface area contributed by atoms with E-state index in [9.17, 15) is 0 Å². The van der Waals surface area contributed by atoms with Gasteiger partial charge in [0.1, 0.15) is 17.2 Å². The number of benzene rings is 4. The summed E-state index contributed by atoms with van der Waals surface area (Å²) in [5.74, 6) is 3.54. The van der Waals surface area contributed by atoms with Crippen LogP contribution in [0.4, 0.5) is 11.4 Å². The van der Waals surface area contributed by atoms with Gasteiger partial charge in [-0.15, -0.1) is 0 Å².